The molecule has 4 atom stereocenters. The molecule has 19 heavy (non-hydrogen) atoms. The zero-order valence-corrected chi connectivity index (χ0v) is 10.8. The van der Waals surface area contributed by atoms with Crippen LogP contribution in [-0.2, 0) is 33.3 Å². The number of aliphatic hydroxyl groups is 1. The minimum absolute atomic E-state index is 0.170. The van der Waals surface area contributed by atoms with Gasteiger partial charge in [0.1, 0.15) is 0 Å². The fraction of sp³-hybridized carbons (Fsp3) is 0.727. The molecule has 0 aliphatic carbocycles. The third-order valence-electron chi connectivity index (χ3n) is 2.32. The fourth-order valence-corrected chi connectivity index (χ4v) is 1.72. The van der Waals surface area contributed by atoms with E-state index in [-0.39, 0.29) is 6.61 Å². The van der Waals surface area contributed by atoms with E-state index in [2.05, 4.69) is 0 Å². The molecule has 1 aliphatic rings. The Morgan fingerprint density at radius 2 is 1.42 bits per heavy atom. The average molecular weight is 276 g/mol. The Morgan fingerprint density at radius 3 is 1.89 bits per heavy atom. The number of carbonyl (C=O) groups excluding carboxylic acids is 3. The van der Waals surface area contributed by atoms with Crippen LogP contribution in [0, 0.1) is 0 Å². The zero-order chi connectivity index (χ0) is 14.6. The highest BCUT2D eigenvalue weighted by Gasteiger charge is 2.46. The number of aliphatic hydroxyl groups excluding tert-OH is 1. The summed E-state index contributed by atoms with van der Waals surface area (Å²) >= 11 is 0. The molecule has 0 spiro atoms. The van der Waals surface area contributed by atoms with Gasteiger partial charge in [-0.15, -0.1) is 0 Å². The SMILES string of the molecule is CC(=O)O[C@@H]1[C@H](OC(C)=O)[C@@H](OC(C)=O)CO[C@H]1O. The summed E-state index contributed by atoms with van der Waals surface area (Å²) in [6.07, 6.45) is -4.78. The van der Waals surface area contributed by atoms with Crippen molar-refractivity contribution in [2.45, 2.75) is 45.4 Å². The van der Waals surface area contributed by atoms with Crippen LogP contribution < -0.4 is 0 Å². The smallest absolute Gasteiger partial charge is 0.303 e. The van der Waals surface area contributed by atoms with E-state index in [9.17, 15) is 19.5 Å². The highest BCUT2D eigenvalue weighted by molar-refractivity contribution is 5.68. The maximum Gasteiger partial charge on any atom is 0.303 e. The molecule has 0 saturated carbocycles. The molecule has 0 aromatic carbocycles. The highest BCUT2D eigenvalue weighted by atomic mass is 16.7. The molecule has 1 fully saturated rings. The lowest BCUT2D eigenvalue weighted by molar-refractivity contribution is -0.267. The van der Waals surface area contributed by atoms with Crippen molar-refractivity contribution in [3.63, 3.8) is 0 Å². The van der Waals surface area contributed by atoms with Crippen LogP contribution in [0.2, 0.25) is 0 Å². The number of carbonyl (C=O) groups is 3. The van der Waals surface area contributed by atoms with Gasteiger partial charge in [0.25, 0.3) is 0 Å². The minimum Gasteiger partial charge on any atom is -0.456 e. The molecule has 0 amide bonds. The highest BCUT2D eigenvalue weighted by Crippen LogP contribution is 2.23. The van der Waals surface area contributed by atoms with Gasteiger partial charge in [-0.2, -0.15) is 0 Å². The van der Waals surface area contributed by atoms with Crippen LogP contribution in [0.25, 0.3) is 0 Å². The van der Waals surface area contributed by atoms with Gasteiger partial charge in [0, 0.05) is 20.8 Å². The van der Waals surface area contributed by atoms with Gasteiger partial charge in [0.05, 0.1) is 6.61 Å². The van der Waals surface area contributed by atoms with Crippen LogP contribution in [0.5, 0.6) is 0 Å². The second-order valence-electron chi connectivity index (χ2n) is 4.02. The van der Waals surface area contributed by atoms with Gasteiger partial charge in [-0.05, 0) is 0 Å². The second kappa shape index (κ2) is 6.48. The monoisotopic (exact) mass is 276 g/mol. The van der Waals surface area contributed by atoms with Crippen LogP contribution in [0.15, 0.2) is 0 Å². The number of hydrogen-bond donors (Lipinski definition) is 1. The van der Waals surface area contributed by atoms with Crippen LogP contribution in [0.4, 0.5) is 0 Å². The first kappa shape index (κ1) is 15.4. The average Bonchev–Trinajstić information content (AvgIpc) is 2.25. The number of esters is 3. The summed E-state index contributed by atoms with van der Waals surface area (Å²) in [6.45, 7) is 3.29. The fourth-order valence-electron chi connectivity index (χ4n) is 1.72. The molecule has 0 aromatic heterocycles. The molecule has 0 radical (unpaired) electrons. The molecule has 108 valence electrons. The van der Waals surface area contributed by atoms with Gasteiger partial charge in [-0.25, -0.2) is 0 Å². The van der Waals surface area contributed by atoms with Crippen molar-refractivity contribution >= 4 is 17.9 Å². The molecule has 1 heterocycles. The van der Waals surface area contributed by atoms with Gasteiger partial charge in [0.15, 0.2) is 24.6 Å². The van der Waals surface area contributed by atoms with Crippen LogP contribution in [-0.4, -0.2) is 54.2 Å². The molecule has 0 bridgehead atoms. The van der Waals surface area contributed by atoms with E-state index in [0.29, 0.717) is 0 Å². The predicted octanol–water partition coefficient (Wildman–Crippen LogP) is -0.870. The topological polar surface area (TPSA) is 108 Å². The first-order chi connectivity index (χ1) is 8.81. The Morgan fingerprint density at radius 1 is 0.947 bits per heavy atom. The van der Waals surface area contributed by atoms with Crippen molar-refractivity contribution < 1.29 is 38.4 Å². The summed E-state index contributed by atoms with van der Waals surface area (Å²) in [5, 5.41) is 9.62. The van der Waals surface area contributed by atoms with E-state index in [1.54, 1.807) is 0 Å². The molecule has 8 heteroatoms. The van der Waals surface area contributed by atoms with Gasteiger partial charge in [0.2, 0.25) is 0 Å². The Kier molecular flexibility index (Phi) is 5.25. The first-order valence-electron chi connectivity index (χ1n) is 5.62. The van der Waals surface area contributed by atoms with E-state index in [1.165, 1.54) is 6.92 Å². The Balaban J connectivity index is 2.89. The summed E-state index contributed by atoms with van der Waals surface area (Å²) < 4.78 is 19.6. The third kappa shape index (κ3) is 4.49. The third-order valence-corrected chi connectivity index (χ3v) is 2.32. The summed E-state index contributed by atoms with van der Waals surface area (Å²) in [4.78, 5) is 33.0. The van der Waals surface area contributed by atoms with E-state index in [4.69, 9.17) is 18.9 Å². The molecule has 1 rings (SSSR count). The standard InChI is InChI=1S/C11H16O8/c1-5(12)17-8-4-16-11(15)10(19-7(3)14)9(8)18-6(2)13/h8-11,15H,4H2,1-3H3/t8-,9+,10+,11+/m0/s1. The summed E-state index contributed by atoms with van der Waals surface area (Å²) in [6, 6.07) is 0. The van der Waals surface area contributed by atoms with Crippen molar-refractivity contribution in [2.75, 3.05) is 6.61 Å². The zero-order valence-electron chi connectivity index (χ0n) is 10.8. The van der Waals surface area contributed by atoms with E-state index >= 15 is 0 Å². The maximum absolute atomic E-state index is 11.1. The van der Waals surface area contributed by atoms with Crippen molar-refractivity contribution in [1.29, 1.82) is 0 Å². The molecule has 1 N–H and O–H groups in total. The molecule has 0 aromatic rings. The predicted molar refractivity (Wildman–Crippen MR) is 58.6 cm³/mol. The minimum atomic E-state index is -1.46. The normalized spacial score (nSPS) is 30.3. The first-order valence-corrected chi connectivity index (χ1v) is 5.62. The van der Waals surface area contributed by atoms with E-state index < -0.39 is 42.5 Å². The van der Waals surface area contributed by atoms with Crippen molar-refractivity contribution in [2.24, 2.45) is 0 Å². The Hall–Kier alpha value is -1.67. The number of ether oxygens (including phenoxy) is 4. The number of rotatable bonds is 3. The maximum atomic E-state index is 11.1. The summed E-state index contributed by atoms with van der Waals surface area (Å²) in [7, 11) is 0. The van der Waals surface area contributed by atoms with Gasteiger partial charge >= 0.3 is 17.9 Å². The molecular formula is C11H16O8. The molecule has 0 unspecified atom stereocenters. The van der Waals surface area contributed by atoms with E-state index in [1.807, 2.05) is 0 Å². The van der Waals surface area contributed by atoms with Gasteiger partial charge < -0.3 is 24.1 Å². The Bertz CT molecular complexity index is 366. The van der Waals surface area contributed by atoms with Gasteiger partial charge in [-0.3, -0.25) is 14.4 Å². The largest absolute Gasteiger partial charge is 0.456 e. The quantitative estimate of drug-likeness (QED) is 0.523. The summed E-state index contributed by atoms with van der Waals surface area (Å²) in [5.41, 5.74) is 0. The van der Waals surface area contributed by atoms with Crippen LogP contribution >= 0.6 is 0 Å². The van der Waals surface area contributed by atoms with Crippen molar-refractivity contribution in [3.8, 4) is 0 Å². The van der Waals surface area contributed by atoms with Crippen molar-refractivity contribution in [1.82, 2.24) is 0 Å². The molecule has 1 saturated heterocycles. The molecule has 1 aliphatic heterocycles. The van der Waals surface area contributed by atoms with Crippen LogP contribution in [0.1, 0.15) is 20.8 Å². The Labute approximate surface area is 109 Å². The molecular weight excluding hydrogens is 260 g/mol. The summed E-state index contributed by atoms with van der Waals surface area (Å²) in [5.74, 6) is -1.95. The lowest BCUT2D eigenvalue weighted by atomic mass is 10.0. The molecule has 8 nitrogen and oxygen atoms in total. The van der Waals surface area contributed by atoms with E-state index in [0.717, 1.165) is 13.8 Å². The van der Waals surface area contributed by atoms with Crippen LogP contribution in [0.3, 0.4) is 0 Å². The van der Waals surface area contributed by atoms with Gasteiger partial charge in [-0.1, -0.05) is 0 Å². The van der Waals surface area contributed by atoms with Crippen molar-refractivity contribution in [3.05, 3.63) is 0 Å². The number of hydrogen-bond acceptors (Lipinski definition) is 8. The second-order valence-corrected chi connectivity index (χ2v) is 4.02. The lowest BCUT2D eigenvalue weighted by Gasteiger charge is -2.38. The lowest BCUT2D eigenvalue weighted by Crippen LogP contribution is -2.57.